The number of carbonyl (C=O) groups excluding carboxylic acids is 1. The minimum Gasteiger partial charge on any atom is -0.388 e. The van der Waals surface area contributed by atoms with Gasteiger partial charge in [-0.05, 0) is 25.0 Å². The maximum atomic E-state index is 11.9. The lowest BCUT2D eigenvalue weighted by atomic mass is 9.97. The van der Waals surface area contributed by atoms with Crippen molar-refractivity contribution in [2.75, 3.05) is 6.54 Å². The molecule has 0 bridgehead atoms. The number of nitrogens with zero attached hydrogens (tertiary/aromatic N) is 1. The molecule has 0 saturated heterocycles. The number of halogens is 2. The van der Waals surface area contributed by atoms with E-state index in [-0.39, 0.29) is 22.8 Å². The summed E-state index contributed by atoms with van der Waals surface area (Å²) in [5.74, 6) is -0.332. The van der Waals surface area contributed by atoms with Gasteiger partial charge in [-0.2, -0.15) is 0 Å². The molecule has 2 N–H and O–H groups in total. The van der Waals surface area contributed by atoms with E-state index in [2.05, 4.69) is 10.3 Å². The fourth-order valence-electron chi connectivity index (χ4n) is 1.44. The van der Waals surface area contributed by atoms with Crippen molar-refractivity contribution in [1.82, 2.24) is 10.3 Å². The van der Waals surface area contributed by atoms with Crippen LogP contribution in [0.1, 0.15) is 37.0 Å². The Morgan fingerprint density at radius 3 is 2.28 bits per heavy atom. The summed E-state index contributed by atoms with van der Waals surface area (Å²) in [4.78, 5) is 15.6. The summed E-state index contributed by atoms with van der Waals surface area (Å²) in [5.41, 5.74) is -0.550. The first-order valence-corrected chi connectivity index (χ1v) is 6.49. The molecule has 0 aromatic carbocycles. The molecule has 0 unspecified atom stereocenters. The van der Waals surface area contributed by atoms with Crippen molar-refractivity contribution >= 4 is 29.1 Å². The Kier molecular flexibility index (Phi) is 5.38. The third-order valence-corrected chi connectivity index (χ3v) is 3.31. The number of rotatable bonds is 5. The van der Waals surface area contributed by atoms with E-state index in [0.29, 0.717) is 18.4 Å². The lowest BCUT2D eigenvalue weighted by molar-refractivity contribution is 0.0314. The first-order chi connectivity index (χ1) is 8.40. The van der Waals surface area contributed by atoms with Crippen LogP contribution in [-0.2, 0) is 0 Å². The summed E-state index contributed by atoms with van der Waals surface area (Å²) < 4.78 is 0. The first kappa shape index (κ1) is 15.2. The predicted molar refractivity (Wildman–Crippen MR) is 72.1 cm³/mol. The summed E-state index contributed by atoms with van der Waals surface area (Å²) in [5, 5.41) is 13.0. The molecule has 0 aliphatic carbocycles. The molecule has 18 heavy (non-hydrogen) atoms. The highest BCUT2D eigenvalue weighted by Crippen LogP contribution is 2.16. The number of nitrogens with one attached hydrogen (secondary N) is 1. The molecule has 6 heteroatoms. The molecular formula is C12H16Cl2N2O2. The van der Waals surface area contributed by atoms with Crippen molar-refractivity contribution in [2.45, 2.75) is 32.3 Å². The van der Waals surface area contributed by atoms with Crippen LogP contribution in [0, 0.1) is 0 Å². The molecule has 1 aromatic heterocycles. The highest BCUT2D eigenvalue weighted by molar-refractivity contribution is 6.33. The van der Waals surface area contributed by atoms with Crippen LogP contribution < -0.4 is 5.32 Å². The van der Waals surface area contributed by atoms with Crippen LogP contribution in [-0.4, -0.2) is 28.1 Å². The molecular weight excluding hydrogens is 275 g/mol. The molecule has 4 nitrogen and oxygen atoms in total. The van der Waals surface area contributed by atoms with Gasteiger partial charge in [-0.3, -0.25) is 4.79 Å². The van der Waals surface area contributed by atoms with Gasteiger partial charge >= 0.3 is 0 Å². The highest BCUT2D eigenvalue weighted by atomic mass is 35.5. The van der Waals surface area contributed by atoms with Crippen molar-refractivity contribution in [2.24, 2.45) is 0 Å². The number of hydrogen-bond donors (Lipinski definition) is 2. The highest BCUT2D eigenvalue weighted by Gasteiger charge is 2.23. The molecule has 0 atom stereocenters. The van der Waals surface area contributed by atoms with Gasteiger partial charge in [-0.25, -0.2) is 4.98 Å². The van der Waals surface area contributed by atoms with Gasteiger partial charge in [0.05, 0.1) is 5.60 Å². The Labute approximate surface area is 116 Å². The fraction of sp³-hybridized carbons (Fsp3) is 0.500. The minimum atomic E-state index is -0.879. The summed E-state index contributed by atoms with van der Waals surface area (Å²) in [6.07, 6.45) is 1.14. The summed E-state index contributed by atoms with van der Waals surface area (Å²) in [6.45, 7) is 3.93. The summed E-state index contributed by atoms with van der Waals surface area (Å²) >= 11 is 11.4. The number of aromatic nitrogens is 1. The number of pyridine rings is 1. The first-order valence-electron chi connectivity index (χ1n) is 5.74. The zero-order valence-electron chi connectivity index (χ0n) is 10.3. The van der Waals surface area contributed by atoms with Crippen molar-refractivity contribution in [1.29, 1.82) is 0 Å². The average molecular weight is 291 g/mol. The quantitative estimate of drug-likeness (QED) is 0.820. The minimum absolute atomic E-state index is 0.161. The fourth-order valence-corrected chi connectivity index (χ4v) is 1.90. The number of aliphatic hydroxyl groups is 1. The van der Waals surface area contributed by atoms with E-state index in [4.69, 9.17) is 23.2 Å². The maximum Gasteiger partial charge on any atom is 0.251 e. The van der Waals surface area contributed by atoms with E-state index in [1.165, 1.54) is 12.1 Å². The van der Waals surface area contributed by atoms with Crippen LogP contribution in [0.4, 0.5) is 0 Å². The molecule has 0 aliphatic heterocycles. The largest absolute Gasteiger partial charge is 0.388 e. The van der Waals surface area contributed by atoms with Gasteiger partial charge in [0, 0.05) is 12.1 Å². The molecule has 0 spiro atoms. The SMILES string of the molecule is CCC(O)(CC)CNC(=O)c1cc(Cl)nc(Cl)c1. The molecule has 0 saturated carbocycles. The standard InChI is InChI=1S/C12H16Cl2N2O2/c1-3-12(18,4-2)7-15-11(17)8-5-9(13)16-10(14)6-8/h5-6,18H,3-4,7H2,1-2H3,(H,15,17). The molecule has 0 fully saturated rings. The Hall–Kier alpha value is -0.840. The molecule has 100 valence electrons. The number of amides is 1. The van der Waals surface area contributed by atoms with Crippen molar-refractivity contribution < 1.29 is 9.90 Å². The second-order valence-corrected chi connectivity index (χ2v) is 4.89. The van der Waals surface area contributed by atoms with E-state index >= 15 is 0 Å². The van der Waals surface area contributed by atoms with Gasteiger partial charge < -0.3 is 10.4 Å². The Morgan fingerprint density at radius 1 is 1.33 bits per heavy atom. The van der Waals surface area contributed by atoms with Crippen LogP contribution in [0.2, 0.25) is 10.3 Å². The van der Waals surface area contributed by atoms with Gasteiger partial charge in [0.2, 0.25) is 0 Å². The second-order valence-electron chi connectivity index (χ2n) is 4.12. The average Bonchev–Trinajstić information content (AvgIpc) is 2.34. The smallest absolute Gasteiger partial charge is 0.251 e. The van der Waals surface area contributed by atoms with Crippen LogP contribution in [0.3, 0.4) is 0 Å². The predicted octanol–water partition coefficient (Wildman–Crippen LogP) is 2.67. The van der Waals surface area contributed by atoms with Gasteiger partial charge in [0.25, 0.3) is 5.91 Å². The van der Waals surface area contributed by atoms with Crippen LogP contribution in [0.5, 0.6) is 0 Å². The van der Waals surface area contributed by atoms with Crippen molar-refractivity contribution in [3.8, 4) is 0 Å². The maximum absolute atomic E-state index is 11.9. The number of carbonyl (C=O) groups is 1. The third kappa shape index (κ3) is 4.12. The molecule has 1 heterocycles. The van der Waals surface area contributed by atoms with E-state index in [9.17, 15) is 9.90 Å². The lowest BCUT2D eigenvalue weighted by Gasteiger charge is -2.25. The zero-order valence-corrected chi connectivity index (χ0v) is 11.8. The van der Waals surface area contributed by atoms with Crippen LogP contribution in [0.15, 0.2) is 12.1 Å². The second kappa shape index (κ2) is 6.36. The van der Waals surface area contributed by atoms with E-state index < -0.39 is 5.60 Å². The van der Waals surface area contributed by atoms with Gasteiger partial charge in [-0.15, -0.1) is 0 Å². The third-order valence-electron chi connectivity index (χ3n) is 2.92. The monoisotopic (exact) mass is 290 g/mol. The van der Waals surface area contributed by atoms with E-state index in [1.54, 1.807) is 0 Å². The van der Waals surface area contributed by atoms with Crippen LogP contribution >= 0.6 is 23.2 Å². The molecule has 0 aliphatic rings. The molecule has 1 aromatic rings. The number of hydrogen-bond acceptors (Lipinski definition) is 3. The molecule has 0 radical (unpaired) electrons. The van der Waals surface area contributed by atoms with Gasteiger partial charge in [0.15, 0.2) is 0 Å². The topological polar surface area (TPSA) is 62.2 Å². The lowest BCUT2D eigenvalue weighted by Crippen LogP contribution is -2.42. The molecule has 1 amide bonds. The van der Waals surface area contributed by atoms with Gasteiger partial charge in [0.1, 0.15) is 10.3 Å². The Morgan fingerprint density at radius 2 is 1.83 bits per heavy atom. The summed E-state index contributed by atoms with van der Waals surface area (Å²) in [6, 6.07) is 2.86. The van der Waals surface area contributed by atoms with Gasteiger partial charge in [-0.1, -0.05) is 37.0 Å². The normalized spacial score (nSPS) is 11.4. The van der Waals surface area contributed by atoms with Crippen LogP contribution in [0.25, 0.3) is 0 Å². The Bertz CT molecular complexity index is 414. The summed E-state index contributed by atoms with van der Waals surface area (Å²) in [7, 11) is 0. The van der Waals surface area contributed by atoms with E-state index in [0.717, 1.165) is 0 Å². The van der Waals surface area contributed by atoms with Crippen molar-refractivity contribution in [3.05, 3.63) is 28.0 Å². The molecule has 1 rings (SSSR count). The zero-order chi connectivity index (χ0) is 13.8. The Balaban J connectivity index is 2.71. The van der Waals surface area contributed by atoms with E-state index in [1.807, 2.05) is 13.8 Å². The van der Waals surface area contributed by atoms with Crippen molar-refractivity contribution in [3.63, 3.8) is 0 Å².